The van der Waals surface area contributed by atoms with Crippen molar-refractivity contribution in [2.75, 3.05) is 25.1 Å². The van der Waals surface area contributed by atoms with Crippen molar-refractivity contribution in [2.45, 2.75) is 51.0 Å². The van der Waals surface area contributed by atoms with E-state index in [1.165, 1.54) is 32.1 Å². The molecule has 1 aliphatic heterocycles. The molecule has 2 aliphatic rings. The summed E-state index contributed by atoms with van der Waals surface area (Å²) < 4.78 is 22.8. The van der Waals surface area contributed by atoms with E-state index in [2.05, 4.69) is 15.6 Å². The molecule has 2 fully saturated rings. The number of nitrogens with one attached hydrogen (secondary N) is 2. The number of sulfone groups is 1. The predicted molar refractivity (Wildman–Crippen MR) is 98.2 cm³/mol. The molecule has 5 nitrogen and oxygen atoms in total. The van der Waals surface area contributed by atoms with Gasteiger partial charge in [0.1, 0.15) is 0 Å². The Morgan fingerprint density at radius 1 is 1.24 bits per heavy atom. The lowest BCUT2D eigenvalue weighted by Gasteiger charge is -2.16. The summed E-state index contributed by atoms with van der Waals surface area (Å²) in [5, 5.41) is 6.50. The number of aliphatic imine (C=N–C) groups is 1. The fraction of sp³-hybridized carbons (Fsp3) is 0.929. The molecule has 0 aromatic carbocycles. The minimum atomic E-state index is -2.83. The van der Waals surface area contributed by atoms with Crippen molar-refractivity contribution in [1.82, 2.24) is 10.6 Å². The van der Waals surface area contributed by atoms with Crippen LogP contribution in [0.2, 0.25) is 0 Å². The Bertz CT molecular complexity index is 434. The highest BCUT2D eigenvalue weighted by Gasteiger charge is 2.28. The van der Waals surface area contributed by atoms with E-state index >= 15 is 0 Å². The third kappa shape index (κ3) is 6.71. The van der Waals surface area contributed by atoms with Gasteiger partial charge in [0, 0.05) is 19.6 Å². The van der Waals surface area contributed by atoms with E-state index in [1.54, 1.807) is 7.05 Å². The molecule has 124 valence electrons. The number of rotatable bonds is 5. The van der Waals surface area contributed by atoms with Crippen LogP contribution in [0, 0.1) is 5.92 Å². The first-order valence-electron chi connectivity index (χ1n) is 7.76. The molecule has 21 heavy (non-hydrogen) atoms. The number of hydrogen-bond acceptors (Lipinski definition) is 3. The third-order valence-electron chi connectivity index (χ3n) is 4.35. The van der Waals surface area contributed by atoms with Crippen LogP contribution in [0.3, 0.4) is 0 Å². The number of halogens is 1. The van der Waals surface area contributed by atoms with Gasteiger partial charge < -0.3 is 10.6 Å². The molecule has 1 atom stereocenters. The summed E-state index contributed by atoms with van der Waals surface area (Å²) in [7, 11) is -1.10. The normalized spacial score (nSPS) is 25.6. The van der Waals surface area contributed by atoms with Crippen LogP contribution in [-0.4, -0.2) is 45.5 Å². The molecular weight excluding hydrogens is 401 g/mol. The zero-order valence-corrected chi connectivity index (χ0v) is 16.0. The summed E-state index contributed by atoms with van der Waals surface area (Å²) in [6.45, 7) is 0.912. The molecular formula is C14H28IN3O2S. The molecule has 0 aromatic rings. The van der Waals surface area contributed by atoms with Crippen LogP contribution >= 0.6 is 24.0 Å². The van der Waals surface area contributed by atoms with E-state index in [-0.39, 0.29) is 35.8 Å². The minimum Gasteiger partial charge on any atom is -0.356 e. The third-order valence-corrected chi connectivity index (χ3v) is 6.12. The summed E-state index contributed by atoms with van der Waals surface area (Å²) in [6, 6.07) is 0.0148. The smallest absolute Gasteiger partial charge is 0.191 e. The number of nitrogens with zero attached hydrogens (tertiary/aromatic N) is 1. The molecule has 1 saturated carbocycles. The SMILES string of the molecule is CN=C(NCCCC1CCCC1)NC1CCS(=O)(=O)C1.I. The van der Waals surface area contributed by atoms with Crippen LogP contribution in [0.4, 0.5) is 0 Å². The molecule has 2 rings (SSSR count). The first-order valence-corrected chi connectivity index (χ1v) is 9.59. The Morgan fingerprint density at radius 2 is 1.95 bits per heavy atom. The van der Waals surface area contributed by atoms with E-state index in [1.807, 2.05) is 0 Å². The van der Waals surface area contributed by atoms with Crippen molar-refractivity contribution >= 4 is 39.8 Å². The number of guanidine groups is 1. The van der Waals surface area contributed by atoms with Crippen molar-refractivity contribution in [3.63, 3.8) is 0 Å². The van der Waals surface area contributed by atoms with Crippen molar-refractivity contribution < 1.29 is 8.42 Å². The monoisotopic (exact) mass is 429 g/mol. The van der Waals surface area contributed by atoms with Gasteiger partial charge in [-0.2, -0.15) is 0 Å². The Balaban J connectivity index is 0.00000220. The maximum absolute atomic E-state index is 11.4. The van der Waals surface area contributed by atoms with Gasteiger partial charge in [-0.3, -0.25) is 4.99 Å². The molecule has 7 heteroatoms. The molecule has 1 unspecified atom stereocenters. The van der Waals surface area contributed by atoms with Crippen LogP contribution in [0.15, 0.2) is 4.99 Å². The predicted octanol–water partition coefficient (Wildman–Crippen LogP) is 1.93. The van der Waals surface area contributed by atoms with Gasteiger partial charge in [-0.05, 0) is 25.2 Å². The lowest BCUT2D eigenvalue weighted by atomic mass is 10.0. The summed E-state index contributed by atoms with van der Waals surface area (Å²) in [5.74, 6) is 2.18. The molecule has 0 spiro atoms. The van der Waals surface area contributed by atoms with Crippen LogP contribution in [0.5, 0.6) is 0 Å². The standard InChI is InChI=1S/C14H27N3O2S.HI/c1-15-14(17-13-8-10-20(18,19)11-13)16-9-4-7-12-5-2-3-6-12;/h12-13H,2-11H2,1H3,(H2,15,16,17);1H. The molecule has 0 bridgehead atoms. The van der Waals surface area contributed by atoms with Crippen molar-refractivity contribution in [3.05, 3.63) is 0 Å². The molecule has 0 radical (unpaired) electrons. The quantitative estimate of drug-likeness (QED) is 0.303. The Kier molecular flexibility index (Phi) is 8.30. The molecule has 1 aliphatic carbocycles. The molecule has 0 aromatic heterocycles. The van der Waals surface area contributed by atoms with E-state index in [0.29, 0.717) is 12.2 Å². The van der Waals surface area contributed by atoms with Gasteiger partial charge >= 0.3 is 0 Å². The maximum Gasteiger partial charge on any atom is 0.191 e. The van der Waals surface area contributed by atoms with Crippen molar-refractivity contribution in [2.24, 2.45) is 10.9 Å². The van der Waals surface area contributed by atoms with Crippen LogP contribution in [-0.2, 0) is 9.84 Å². The fourth-order valence-corrected chi connectivity index (χ4v) is 4.87. The molecule has 2 N–H and O–H groups in total. The van der Waals surface area contributed by atoms with Gasteiger partial charge in [0.25, 0.3) is 0 Å². The Hall–Kier alpha value is -0.0500. The zero-order valence-electron chi connectivity index (χ0n) is 12.8. The summed E-state index contributed by atoms with van der Waals surface area (Å²) in [6.07, 6.45) is 8.73. The first kappa shape index (κ1) is 19.0. The van der Waals surface area contributed by atoms with Crippen molar-refractivity contribution in [1.29, 1.82) is 0 Å². The lowest BCUT2D eigenvalue weighted by molar-refractivity contribution is 0.481. The maximum atomic E-state index is 11.4. The fourth-order valence-electron chi connectivity index (χ4n) is 3.19. The van der Waals surface area contributed by atoms with Gasteiger partial charge in [0.2, 0.25) is 0 Å². The lowest BCUT2D eigenvalue weighted by Crippen LogP contribution is -2.44. The van der Waals surface area contributed by atoms with Gasteiger partial charge in [-0.1, -0.05) is 25.7 Å². The van der Waals surface area contributed by atoms with Gasteiger partial charge in [0.05, 0.1) is 11.5 Å². The topological polar surface area (TPSA) is 70.6 Å². The Labute approximate surface area is 145 Å². The largest absolute Gasteiger partial charge is 0.356 e. The van der Waals surface area contributed by atoms with Gasteiger partial charge in [0.15, 0.2) is 15.8 Å². The van der Waals surface area contributed by atoms with E-state index in [0.717, 1.165) is 24.8 Å². The summed E-state index contributed by atoms with van der Waals surface area (Å²) in [4.78, 5) is 4.17. The zero-order chi connectivity index (χ0) is 14.4. The van der Waals surface area contributed by atoms with Crippen LogP contribution in [0.25, 0.3) is 0 Å². The molecule has 1 heterocycles. The second-order valence-electron chi connectivity index (χ2n) is 6.04. The second-order valence-corrected chi connectivity index (χ2v) is 8.26. The van der Waals surface area contributed by atoms with Crippen molar-refractivity contribution in [3.8, 4) is 0 Å². The first-order chi connectivity index (χ1) is 9.59. The average molecular weight is 429 g/mol. The molecule has 0 amide bonds. The van der Waals surface area contributed by atoms with E-state index < -0.39 is 9.84 Å². The summed E-state index contributed by atoms with van der Waals surface area (Å²) >= 11 is 0. The van der Waals surface area contributed by atoms with E-state index in [4.69, 9.17) is 0 Å². The molecule has 1 saturated heterocycles. The highest BCUT2D eigenvalue weighted by atomic mass is 127. The van der Waals surface area contributed by atoms with Crippen LogP contribution in [0.1, 0.15) is 44.9 Å². The highest BCUT2D eigenvalue weighted by Crippen LogP contribution is 2.28. The minimum absolute atomic E-state index is 0. The van der Waals surface area contributed by atoms with E-state index in [9.17, 15) is 8.42 Å². The highest BCUT2D eigenvalue weighted by molar-refractivity contribution is 14.0. The second kappa shape index (κ2) is 9.17. The summed E-state index contributed by atoms with van der Waals surface area (Å²) in [5.41, 5.74) is 0. The van der Waals surface area contributed by atoms with Crippen LogP contribution < -0.4 is 10.6 Å². The number of hydrogen-bond donors (Lipinski definition) is 2. The van der Waals surface area contributed by atoms with Gasteiger partial charge in [-0.15, -0.1) is 24.0 Å². The van der Waals surface area contributed by atoms with Gasteiger partial charge in [-0.25, -0.2) is 8.42 Å². The Morgan fingerprint density at radius 3 is 2.52 bits per heavy atom. The average Bonchev–Trinajstić information content (AvgIpc) is 3.02.